The van der Waals surface area contributed by atoms with Crippen LogP contribution in [0, 0.1) is 10.8 Å². The van der Waals surface area contributed by atoms with Crippen LogP contribution in [0.5, 0.6) is 0 Å². The summed E-state index contributed by atoms with van der Waals surface area (Å²) in [5.41, 5.74) is 0.806. The molecule has 0 heterocycles. The zero-order chi connectivity index (χ0) is 13.9. The van der Waals surface area contributed by atoms with E-state index in [-0.39, 0.29) is 29.3 Å². The van der Waals surface area contributed by atoms with E-state index in [2.05, 4.69) is 48.1 Å². The van der Waals surface area contributed by atoms with Crippen LogP contribution in [0.4, 0.5) is 0 Å². The number of carbonyl (C=O) groups excluding carboxylic acids is 1. The quantitative estimate of drug-likeness (QED) is 0.679. The summed E-state index contributed by atoms with van der Waals surface area (Å²) in [6.07, 6.45) is 1.03. The van der Waals surface area contributed by atoms with Gasteiger partial charge in [-0.2, -0.15) is 0 Å². The van der Waals surface area contributed by atoms with Crippen LogP contribution in [0.3, 0.4) is 0 Å². The van der Waals surface area contributed by atoms with Crippen molar-refractivity contribution in [2.75, 3.05) is 6.61 Å². The second-order valence-electron chi connectivity index (χ2n) is 7.13. The predicted molar refractivity (Wildman–Crippen MR) is 73.1 cm³/mol. The fourth-order valence-electron chi connectivity index (χ4n) is 1.47. The maximum Gasteiger partial charge on any atom is 0.183 e. The molecule has 1 unspecified atom stereocenters. The molecule has 0 amide bonds. The Hall–Kier alpha value is -0.630. The van der Waals surface area contributed by atoms with Gasteiger partial charge in [-0.1, -0.05) is 48.1 Å². The smallest absolute Gasteiger partial charge is 0.183 e. The van der Waals surface area contributed by atoms with Gasteiger partial charge in [0.1, 0.15) is 6.61 Å². The molecule has 0 aromatic heterocycles. The molecule has 0 aromatic carbocycles. The maximum absolute atomic E-state index is 11.5. The molecule has 2 heteroatoms. The zero-order valence-electron chi connectivity index (χ0n) is 12.5. The fraction of sp³-hybridized carbons (Fsp3) is 0.800. The largest absolute Gasteiger partial charge is 0.370 e. The van der Waals surface area contributed by atoms with Gasteiger partial charge in [0, 0.05) is 0 Å². The first-order valence-corrected chi connectivity index (χ1v) is 6.24. The van der Waals surface area contributed by atoms with Crippen molar-refractivity contribution in [1.29, 1.82) is 0 Å². The second kappa shape index (κ2) is 5.81. The van der Waals surface area contributed by atoms with Gasteiger partial charge in [0.15, 0.2) is 5.78 Å². The minimum Gasteiger partial charge on any atom is -0.370 e. The van der Waals surface area contributed by atoms with Gasteiger partial charge >= 0.3 is 0 Å². The molecule has 0 aromatic rings. The highest BCUT2D eigenvalue weighted by atomic mass is 16.5. The third kappa shape index (κ3) is 7.32. The molecule has 0 spiro atoms. The molecule has 17 heavy (non-hydrogen) atoms. The van der Waals surface area contributed by atoms with E-state index in [1.165, 1.54) is 0 Å². The highest BCUT2D eigenvalue weighted by molar-refractivity contribution is 5.95. The summed E-state index contributed by atoms with van der Waals surface area (Å²) >= 11 is 0. The van der Waals surface area contributed by atoms with Crippen LogP contribution in [0.1, 0.15) is 54.9 Å². The van der Waals surface area contributed by atoms with Crippen molar-refractivity contribution >= 4 is 5.78 Å². The monoisotopic (exact) mass is 240 g/mol. The van der Waals surface area contributed by atoms with Crippen molar-refractivity contribution < 1.29 is 9.53 Å². The number of hydrogen-bond donors (Lipinski definition) is 0. The van der Waals surface area contributed by atoms with Crippen LogP contribution in [0.25, 0.3) is 0 Å². The minimum atomic E-state index is -0.00633. The fourth-order valence-corrected chi connectivity index (χ4v) is 1.47. The van der Waals surface area contributed by atoms with E-state index in [4.69, 9.17) is 4.74 Å². The molecule has 0 rings (SSSR count). The van der Waals surface area contributed by atoms with Crippen molar-refractivity contribution in [3.8, 4) is 0 Å². The Balaban J connectivity index is 4.53. The van der Waals surface area contributed by atoms with Crippen LogP contribution in [-0.4, -0.2) is 18.5 Å². The third-order valence-corrected chi connectivity index (χ3v) is 2.66. The summed E-state index contributed by atoms with van der Waals surface area (Å²) in [6, 6.07) is 0. The Morgan fingerprint density at radius 2 is 1.65 bits per heavy atom. The zero-order valence-corrected chi connectivity index (χ0v) is 12.5. The molecule has 0 saturated carbocycles. The van der Waals surface area contributed by atoms with E-state index in [0.717, 1.165) is 6.42 Å². The average Bonchev–Trinajstić information content (AvgIpc) is 2.07. The number of ketones is 1. The lowest BCUT2D eigenvalue weighted by molar-refractivity contribution is -0.125. The minimum absolute atomic E-state index is 0.00633. The van der Waals surface area contributed by atoms with Crippen molar-refractivity contribution in [3.05, 3.63) is 12.2 Å². The summed E-state index contributed by atoms with van der Waals surface area (Å²) in [6.45, 7) is 18.5. The molecule has 0 bridgehead atoms. The molecule has 1 atom stereocenters. The van der Waals surface area contributed by atoms with E-state index in [1.807, 2.05) is 0 Å². The number of carbonyl (C=O) groups is 1. The molecular formula is C15H28O2. The van der Waals surface area contributed by atoms with Crippen LogP contribution < -0.4 is 0 Å². The Labute approximate surface area is 106 Å². The first kappa shape index (κ1) is 16.4. The predicted octanol–water partition coefficient (Wildman–Crippen LogP) is 4.00. The molecule has 0 radical (unpaired) electrons. The normalized spacial score (nSPS) is 14.5. The van der Waals surface area contributed by atoms with Crippen molar-refractivity contribution in [2.24, 2.45) is 10.8 Å². The van der Waals surface area contributed by atoms with Crippen molar-refractivity contribution in [3.63, 3.8) is 0 Å². The summed E-state index contributed by atoms with van der Waals surface area (Å²) in [5.74, 6) is -0.00633. The summed E-state index contributed by atoms with van der Waals surface area (Å²) in [5, 5.41) is 0. The summed E-state index contributed by atoms with van der Waals surface area (Å²) in [4.78, 5) is 11.5. The number of ether oxygens (including phenoxy) is 1. The van der Waals surface area contributed by atoms with E-state index >= 15 is 0 Å². The topological polar surface area (TPSA) is 26.3 Å². The molecule has 0 aliphatic heterocycles. The van der Waals surface area contributed by atoms with Crippen LogP contribution >= 0.6 is 0 Å². The lowest BCUT2D eigenvalue weighted by Gasteiger charge is -2.35. The van der Waals surface area contributed by atoms with Crippen molar-refractivity contribution in [1.82, 2.24) is 0 Å². The van der Waals surface area contributed by atoms with Gasteiger partial charge in [-0.05, 0) is 29.7 Å². The van der Waals surface area contributed by atoms with Gasteiger partial charge in [0.25, 0.3) is 0 Å². The number of rotatable bonds is 5. The highest BCUT2D eigenvalue weighted by Crippen LogP contribution is 2.32. The molecule has 0 saturated heterocycles. The molecule has 0 fully saturated rings. The van der Waals surface area contributed by atoms with Crippen LogP contribution in [0.15, 0.2) is 12.2 Å². The summed E-state index contributed by atoms with van der Waals surface area (Å²) in [7, 11) is 0. The molecule has 2 nitrogen and oxygen atoms in total. The van der Waals surface area contributed by atoms with Gasteiger partial charge < -0.3 is 4.74 Å². The van der Waals surface area contributed by atoms with E-state index < -0.39 is 0 Å². The SMILES string of the molecule is C=C(C)C(=O)COC(CC(C)(C)C)C(C)(C)C. The van der Waals surface area contributed by atoms with Gasteiger partial charge in [-0.25, -0.2) is 0 Å². The van der Waals surface area contributed by atoms with E-state index in [9.17, 15) is 4.79 Å². The first-order chi connectivity index (χ1) is 7.43. The Morgan fingerprint density at radius 3 is 1.94 bits per heavy atom. The Morgan fingerprint density at radius 1 is 1.18 bits per heavy atom. The standard InChI is InChI=1S/C15H28O2/c1-11(2)12(16)10-17-13(15(6,7)8)9-14(3,4)5/h13H,1,9-10H2,2-8H3. The highest BCUT2D eigenvalue weighted by Gasteiger charge is 2.30. The van der Waals surface area contributed by atoms with Gasteiger partial charge in [-0.15, -0.1) is 0 Å². The Kier molecular flexibility index (Phi) is 5.60. The second-order valence-corrected chi connectivity index (χ2v) is 7.13. The van der Waals surface area contributed by atoms with Crippen LogP contribution in [-0.2, 0) is 9.53 Å². The molecule has 0 aliphatic carbocycles. The van der Waals surface area contributed by atoms with Gasteiger partial charge in [-0.3, -0.25) is 4.79 Å². The lowest BCUT2D eigenvalue weighted by atomic mass is 9.78. The van der Waals surface area contributed by atoms with Gasteiger partial charge in [0.2, 0.25) is 0 Å². The van der Waals surface area contributed by atoms with E-state index in [0.29, 0.717) is 5.57 Å². The maximum atomic E-state index is 11.5. The first-order valence-electron chi connectivity index (χ1n) is 6.24. The van der Waals surface area contributed by atoms with Gasteiger partial charge in [0.05, 0.1) is 6.10 Å². The average molecular weight is 240 g/mol. The Bertz CT molecular complexity index is 276. The molecule has 0 aliphatic rings. The van der Waals surface area contributed by atoms with Crippen molar-refractivity contribution in [2.45, 2.75) is 61.0 Å². The lowest BCUT2D eigenvalue weighted by Crippen LogP contribution is -2.34. The molecule has 0 N–H and O–H groups in total. The van der Waals surface area contributed by atoms with Crippen LogP contribution in [0.2, 0.25) is 0 Å². The molecule has 100 valence electrons. The number of Topliss-reactive ketones (excluding diaryl/α,β-unsaturated/α-hetero) is 1. The third-order valence-electron chi connectivity index (χ3n) is 2.66. The summed E-state index contributed by atoms with van der Waals surface area (Å²) < 4.78 is 5.80. The molecular weight excluding hydrogens is 212 g/mol. The number of hydrogen-bond acceptors (Lipinski definition) is 2. The van der Waals surface area contributed by atoms with E-state index in [1.54, 1.807) is 6.92 Å².